The zero-order valence-electron chi connectivity index (χ0n) is 33.4. The van der Waals surface area contributed by atoms with Crippen molar-refractivity contribution in [1.29, 1.82) is 0 Å². The first-order valence-corrected chi connectivity index (χ1v) is 21.0. The van der Waals surface area contributed by atoms with E-state index in [9.17, 15) is 0 Å². The van der Waals surface area contributed by atoms with Crippen molar-refractivity contribution in [3.63, 3.8) is 0 Å². The van der Waals surface area contributed by atoms with Gasteiger partial charge in [0.1, 0.15) is 11.2 Å². The minimum atomic E-state index is -0.532. The maximum Gasteiger partial charge on any atom is 0.145 e. The van der Waals surface area contributed by atoms with E-state index < -0.39 is 5.41 Å². The fourth-order valence-corrected chi connectivity index (χ4v) is 10.2. The molecule has 1 aliphatic rings. The van der Waals surface area contributed by atoms with Gasteiger partial charge in [0.05, 0.1) is 11.1 Å². The molecule has 0 N–H and O–H groups in total. The molecule has 1 aliphatic carbocycles. The summed E-state index contributed by atoms with van der Waals surface area (Å²) >= 11 is 0. The molecule has 2 nitrogen and oxygen atoms in total. The van der Waals surface area contributed by atoms with Crippen LogP contribution in [0.3, 0.4) is 0 Å². The highest BCUT2D eigenvalue weighted by molar-refractivity contribution is 6.22. The Morgan fingerprint density at radius 2 is 0.869 bits per heavy atom. The molecule has 0 atom stereocenters. The fraction of sp³-hybridized carbons (Fsp3) is 0.0169. The van der Waals surface area contributed by atoms with E-state index in [2.05, 4.69) is 241 Å². The van der Waals surface area contributed by atoms with Crippen molar-refractivity contribution >= 4 is 49.8 Å². The number of para-hydroxylation sites is 1. The van der Waals surface area contributed by atoms with Crippen molar-refractivity contribution in [3.8, 4) is 33.4 Å². The molecule has 0 amide bonds. The van der Waals surface area contributed by atoms with Gasteiger partial charge in [0.25, 0.3) is 0 Å². The van der Waals surface area contributed by atoms with E-state index in [0.717, 1.165) is 55.5 Å². The Hall–Kier alpha value is -7.94. The highest BCUT2D eigenvalue weighted by Crippen LogP contribution is 2.58. The maximum atomic E-state index is 7.24. The molecular formula is C59H39NO. The number of hydrogen-bond acceptors (Lipinski definition) is 2. The predicted molar refractivity (Wildman–Crippen MR) is 254 cm³/mol. The molecule has 0 unspecified atom stereocenters. The lowest BCUT2D eigenvalue weighted by Crippen LogP contribution is -2.28. The van der Waals surface area contributed by atoms with Crippen LogP contribution in [0.4, 0.5) is 17.1 Å². The van der Waals surface area contributed by atoms with Gasteiger partial charge in [0, 0.05) is 33.1 Å². The number of anilines is 3. The molecule has 0 bridgehead atoms. The molecule has 10 aromatic carbocycles. The Balaban J connectivity index is 1.16. The summed E-state index contributed by atoms with van der Waals surface area (Å²) in [5, 5.41) is 4.47. The highest BCUT2D eigenvalue weighted by atomic mass is 16.3. The van der Waals surface area contributed by atoms with Crippen molar-refractivity contribution in [3.05, 3.63) is 259 Å². The third kappa shape index (κ3) is 5.36. The second-order valence-electron chi connectivity index (χ2n) is 15.9. The smallest absolute Gasteiger partial charge is 0.145 e. The molecule has 1 aromatic heterocycles. The number of benzene rings is 10. The van der Waals surface area contributed by atoms with Gasteiger partial charge in [-0.1, -0.05) is 194 Å². The van der Waals surface area contributed by atoms with Crippen LogP contribution >= 0.6 is 0 Å². The lowest BCUT2D eigenvalue weighted by atomic mass is 9.67. The average molecular weight is 778 g/mol. The van der Waals surface area contributed by atoms with Crippen LogP contribution in [0.2, 0.25) is 0 Å². The van der Waals surface area contributed by atoms with Gasteiger partial charge in [-0.05, 0) is 97.9 Å². The van der Waals surface area contributed by atoms with Crippen LogP contribution in [0.1, 0.15) is 22.3 Å². The van der Waals surface area contributed by atoms with Crippen molar-refractivity contribution < 1.29 is 4.42 Å². The van der Waals surface area contributed by atoms with E-state index in [-0.39, 0.29) is 0 Å². The number of furan rings is 1. The van der Waals surface area contributed by atoms with E-state index in [1.165, 1.54) is 49.9 Å². The van der Waals surface area contributed by atoms with E-state index in [4.69, 9.17) is 4.42 Å². The molecule has 0 spiro atoms. The number of nitrogens with zero attached hydrogens (tertiary/aromatic N) is 1. The molecule has 61 heavy (non-hydrogen) atoms. The van der Waals surface area contributed by atoms with Crippen LogP contribution in [0.25, 0.3) is 66.1 Å². The zero-order valence-corrected chi connectivity index (χ0v) is 33.4. The quantitative estimate of drug-likeness (QED) is 0.160. The first kappa shape index (κ1) is 35.0. The molecule has 0 saturated carbocycles. The molecule has 0 saturated heterocycles. The number of hydrogen-bond donors (Lipinski definition) is 0. The third-order valence-corrected chi connectivity index (χ3v) is 12.7. The van der Waals surface area contributed by atoms with E-state index in [1.807, 2.05) is 0 Å². The first-order valence-electron chi connectivity index (χ1n) is 21.0. The highest BCUT2D eigenvalue weighted by Gasteiger charge is 2.46. The van der Waals surface area contributed by atoms with Gasteiger partial charge in [0.15, 0.2) is 0 Å². The summed E-state index contributed by atoms with van der Waals surface area (Å²) in [5.41, 5.74) is 16.5. The fourth-order valence-electron chi connectivity index (χ4n) is 10.2. The molecule has 12 rings (SSSR count). The summed E-state index contributed by atoms with van der Waals surface area (Å²) in [5.74, 6) is 0. The molecule has 0 fully saturated rings. The Kier molecular flexibility index (Phi) is 8.11. The van der Waals surface area contributed by atoms with Crippen molar-refractivity contribution in [2.45, 2.75) is 5.41 Å². The van der Waals surface area contributed by atoms with Gasteiger partial charge >= 0.3 is 0 Å². The third-order valence-electron chi connectivity index (χ3n) is 12.7. The molecule has 11 aromatic rings. The summed E-state index contributed by atoms with van der Waals surface area (Å²) < 4.78 is 7.24. The van der Waals surface area contributed by atoms with Crippen LogP contribution in [-0.2, 0) is 5.41 Å². The van der Waals surface area contributed by atoms with Crippen molar-refractivity contribution in [1.82, 2.24) is 0 Å². The molecular weight excluding hydrogens is 739 g/mol. The lowest BCUT2D eigenvalue weighted by molar-refractivity contribution is 0.674. The summed E-state index contributed by atoms with van der Waals surface area (Å²) in [6.45, 7) is 0. The van der Waals surface area contributed by atoms with E-state index >= 15 is 0 Å². The van der Waals surface area contributed by atoms with E-state index in [0.29, 0.717) is 0 Å². The normalized spacial score (nSPS) is 12.7. The maximum absolute atomic E-state index is 7.24. The summed E-state index contributed by atoms with van der Waals surface area (Å²) in [4.78, 5) is 2.42. The van der Waals surface area contributed by atoms with Crippen molar-refractivity contribution in [2.24, 2.45) is 0 Å². The lowest BCUT2D eigenvalue weighted by Gasteiger charge is -2.35. The molecule has 1 heterocycles. The van der Waals surface area contributed by atoms with Gasteiger partial charge in [-0.2, -0.15) is 0 Å². The van der Waals surface area contributed by atoms with Crippen LogP contribution in [0.5, 0.6) is 0 Å². The van der Waals surface area contributed by atoms with Crippen LogP contribution in [-0.4, -0.2) is 0 Å². The van der Waals surface area contributed by atoms with E-state index in [1.54, 1.807) is 0 Å². The summed E-state index contributed by atoms with van der Waals surface area (Å²) in [6.07, 6.45) is 0. The van der Waals surface area contributed by atoms with Gasteiger partial charge < -0.3 is 9.32 Å². The first-order chi connectivity index (χ1) is 30.3. The van der Waals surface area contributed by atoms with Gasteiger partial charge in [0.2, 0.25) is 0 Å². The van der Waals surface area contributed by atoms with Gasteiger partial charge in [-0.3, -0.25) is 0 Å². The SMILES string of the molecule is c1ccc(-c2cc3c4ccc(N(c5ccccc5)c5ccc6c(c5)C(c5ccccc5)(c5ccccc5)c5ccccc5-6)c(-c5ccccc5)c4oc3c3ccccc23)cc1. The minimum Gasteiger partial charge on any atom is -0.455 e. The summed E-state index contributed by atoms with van der Waals surface area (Å²) in [7, 11) is 0. The Labute approximate surface area is 355 Å². The predicted octanol–water partition coefficient (Wildman–Crippen LogP) is 15.9. The molecule has 286 valence electrons. The van der Waals surface area contributed by atoms with Crippen LogP contribution in [0, 0.1) is 0 Å². The zero-order chi connectivity index (χ0) is 40.3. The largest absolute Gasteiger partial charge is 0.455 e. The molecule has 0 aliphatic heterocycles. The van der Waals surface area contributed by atoms with Gasteiger partial charge in [-0.25, -0.2) is 0 Å². The standard InChI is InChI=1S/C59H39NO/c1-6-20-40(21-7-1)51-39-52-50-36-37-55(56(41-22-8-2-9-23-41)58(50)61-57(52)49-32-17-16-30-46(49)51)60(44-28-14-5-15-29-44)45-34-35-48-47-31-18-19-33-53(47)59(54(48)38-45,42-24-10-3-11-25-42)43-26-12-4-13-27-43/h1-39H. The second-order valence-corrected chi connectivity index (χ2v) is 15.9. The molecule has 2 heteroatoms. The molecule has 0 radical (unpaired) electrons. The Morgan fingerprint density at radius 1 is 0.328 bits per heavy atom. The topological polar surface area (TPSA) is 16.4 Å². The second kappa shape index (κ2) is 14.1. The van der Waals surface area contributed by atoms with Crippen LogP contribution < -0.4 is 4.90 Å². The average Bonchev–Trinajstić information content (AvgIpc) is 3.86. The Morgan fingerprint density at radius 3 is 1.56 bits per heavy atom. The van der Waals surface area contributed by atoms with Gasteiger partial charge in [-0.15, -0.1) is 0 Å². The number of fused-ring (bicyclic) bond motifs is 8. The number of rotatable bonds is 7. The monoisotopic (exact) mass is 777 g/mol. The Bertz CT molecular complexity index is 3350. The minimum absolute atomic E-state index is 0.532. The van der Waals surface area contributed by atoms with Crippen molar-refractivity contribution in [2.75, 3.05) is 4.90 Å². The van der Waals surface area contributed by atoms with Crippen LogP contribution in [0.15, 0.2) is 241 Å². The summed E-state index contributed by atoms with van der Waals surface area (Å²) in [6, 6.07) is 85.8.